The number of rotatable bonds is 5. The number of fused-ring (bicyclic) bond motifs is 2. The van der Waals surface area contributed by atoms with Gasteiger partial charge in [-0.25, -0.2) is 22.8 Å². The molecule has 0 unspecified atom stereocenters. The number of pyridine rings is 1. The van der Waals surface area contributed by atoms with Gasteiger partial charge in [0.05, 0.1) is 32.7 Å². The number of para-hydroxylation sites is 2. The van der Waals surface area contributed by atoms with Gasteiger partial charge in [0.25, 0.3) is 0 Å². The van der Waals surface area contributed by atoms with Gasteiger partial charge in [0.2, 0.25) is 0 Å². The van der Waals surface area contributed by atoms with Crippen LogP contribution < -0.4 is 0 Å². The van der Waals surface area contributed by atoms with Gasteiger partial charge in [-0.3, -0.25) is 4.98 Å². The number of aromatic nitrogens is 3. The van der Waals surface area contributed by atoms with E-state index in [2.05, 4.69) is 4.98 Å². The van der Waals surface area contributed by atoms with E-state index < -0.39 is 14.6 Å². The second kappa shape index (κ2) is 9.61. The predicted octanol–water partition coefficient (Wildman–Crippen LogP) is 7.60. The van der Waals surface area contributed by atoms with E-state index in [1.807, 2.05) is 72.8 Å². The van der Waals surface area contributed by atoms with Crippen LogP contribution in [-0.4, -0.2) is 29.6 Å². The summed E-state index contributed by atoms with van der Waals surface area (Å²) < 4.78 is 38.1. The molecule has 6 rings (SSSR count). The highest BCUT2D eigenvalue weighted by Gasteiger charge is 2.33. The zero-order valence-corrected chi connectivity index (χ0v) is 23.1. The maximum atomic E-state index is 13.8. The Bertz CT molecular complexity index is 2020. The molecule has 2 aromatic heterocycles. The second-order valence-electron chi connectivity index (χ2n) is 10.4. The topological polar surface area (TPSA) is 72.8 Å². The van der Waals surface area contributed by atoms with Gasteiger partial charge >= 0.3 is 0 Å². The van der Waals surface area contributed by atoms with E-state index in [1.54, 1.807) is 32.2 Å². The van der Waals surface area contributed by atoms with Crippen LogP contribution in [0, 0.1) is 5.82 Å². The average molecular weight is 548 g/mol. The maximum absolute atomic E-state index is 13.8. The van der Waals surface area contributed by atoms with Crippen molar-refractivity contribution in [1.29, 1.82) is 0 Å². The number of hydrogen-bond acceptors (Lipinski definition) is 5. The molecule has 0 amide bonds. The second-order valence-corrected chi connectivity index (χ2v) is 12.9. The standard InChI is InChI=1S/C33H26FN3O2S/c1-33(2,40(3,38)39)25-19-24-10-7-17-35-30(24)27(20-25)22-8-6-9-23(18-22)32-31(21-13-15-26(34)16-14-21)36-28-11-4-5-12-29(28)37-32/h4-20H,1-3H3. The minimum absolute atomic E-state index is 0.322. The summed E-state index contributed by atoms with van der Waals surface area (Å²) in [5.74, 6) is -0.322. The quantitative estimate of drug-likeness (QED) is 0.222. The summed E-state index contributed by atoms with van der Waals surface area (Å²) in [6.45, 7) is 3.44. The van der Waals surface area contributed by atoms with E-state index in [1.165, 1.54) is 18.4 Å². The molecular formula is C33H26FN3O2S. The van der Waals surface area contributed by atoms with Crippen molar-refractivity contribution in [2.24, 2.45) is 0 Å². The van der Waals surface area contributed by atoms with Crippen LogP contribution in [-0.2, 0) is 14.6 Å². The Morgan fingerprint density at radius 3 is 2.02 bits per heavy atom. The summed E-state index contributed by atoms with van der Waals surface area (Å²) in [5, 5.41) is 0.856. The van der Waals surface area contributed by atoms with Gasteiger partial charge in [-0.15, -0.1) is 0 Å². The SMILES string of the molecule is CC(C)(c1cc(-c2cccc(-c3nc4ccccc4nc3-c3ccc(F)cc3)c2)c2ncccc2c1)S(C)(=O)=O. The third-order valence-corrected chi connectivity index (χ3v) is 9.55. The van der Waals surface area contributed by atoms with Crippen molar-refractivity contribution in [3.63, 3.8) is 0 Å². The Kier molecular flexibility index (Phi) is 6.19. The van der Waals surface area contributed by atoms with Crippen molar-refractivity contribution in [2.45, 2.75) is 18.6 Å². The largest absolute Gasteiger partial charge is 0.256 e. The lowest BCUT2D eigenvalue weighted by Gasteiger charge is -2.24. The molecule has 0 aliphatic carbocycles. The third kappa shape index (κ3) is 4.52. The highest BCUT2D eigenvalue weighted by Crippen LogP contribution is 2.38. The highest BCUT2D eigenvalue weighted by molar-refractivity contribution is 7.91. The zero-order valence-electron chi connectivity index (χ0n) is 22.3. The van der Waals surface area contributed by atoms with Crippen LogP contribution in [0.4, 0.5) is 4.39 Å². The van der Waals surface area contributed by atoms with Gasteiger partial charge in [-0.2, -0.15) is 0 Å². The molecule has 40 heavy (non-hydrogen) atoms. The summed E-state index contributed by atoms with van der Waals surface area (Å²) in [6.07, 6.45) is 2.99. The number of nitrogens with zero attached hydrogens (tertiary/aromatic N) is 3. The Balaban J connectivity index is 1.59. The molecule has 4 aromatic carbocycles. The molecule has 0 aliphatic rings. The Hall–Kier alpha value is -4.49. The van der Waals surface area contributed by atoms with Crippen LogP contribution in [0.1, 0.15) is 19.4 Å². The zero-order chi connectivity index (χ0) is 28.1. The van der Waals surface area contributed by atoms with Crippen molar-refractivity contribution in [1.82, 2.24) is 15.0 Å². The van der Waals surface area contributed by atoms with Crippen molar-refractivity contribution < 1.29 is 12.8 Å². The van der Waals surface area contributed by atoms with E-state index in [-0.39, 0.29) is 5.82 Å². The lowest BCUT2D eigenvalue weighted by molar-refractivity contribution is 0.561. The lowest BCUT2D eigenvalue weighted by atomic mass is 9.92. The van der Waals surface area contributed by atoms with E-state index in [0.29, 0.717) is 17.0 Å². The molecule has 6 aromatic rings. The summed E-state index contributed by atoms with van der Waals surface area (Å²) in [7, 11) is -3.40. The fourth-order valence-electron chi connectivity index (χ4n) is 4.82. The molecule has 0 aliphatic heterocycles. The minimum Gasteiger partial charge on any atom is -0.256 e. The normalized spacial score (nSPS) is 12.2. The van der Waals surface area contributed by atoms with Gasteiger partial charge in [0.15, 0.2) is 9.84 Å². The molecule has 0 radical (unpaired) electrons. The van der Waals surface area contributed by atoms with Gasteiger partial charge in [-0.05, 0) is 85.6 Å². The molecule has 2 heterocycles. The molecule has 0 saturated heterocycles. The Labute approximate surface area is 232 Å². The molecule has 0 spiro atoms. The lowest BCUT2D eigenvalue weighted by Crippen LogP contribution is -2.28. The fourth-order valence-corrected chi connectivity index (χ4v) is 5.36. The van der Waals surface area contributed by atoms with Gasteiger partial charge in [0, 0.05) is 34.5 Å². The first-order chi connectivity index (χ1) is 19.1. The summed E-state index contributed by atoms with van der Waals surface area (Å²) >= 11 is 0. The molecule has 0 fully saturated rings. The van der Waals surface area contributed by atoms with Crippen LogP contribution in [0.5, 0.6) is 0 Å². The van der Waals surface area contributed by atoms with Gasteiger partial charge in [0.1, 0.15) is 5.82 Å². The third-order valence-electron chi connectivity index (χ3n) is 7.46. The summed E-state index contributed by atoms with van der Waals surface area (Å²) in [5.41, 5.74) is 7.53. The molecule has 0 bridgehead atoms. The van der Waals surface area contributed by atoms with Crippen LogP contribution in [0.2, 0.25) is 0 Å². The number of hydrogen-bond donors (Lipinski definition) is 0. The highest BCUT2D eigenvalue weighted by atomic mass is 32.2. The van der Waals surface area contributed by atoms with Crippen LogP contribution in [0.3, 0.4) is 0 Å². The van der Waals surface area contributed by atoms with Crippen molar-refractivity contribution >= 4 is 31.8 Å². The Morgan fingerprint density at radius 2 is 1.35 bits per heavy atom. The minimum atomic E-state index is -3.40. The van der Waals surface area contributed by atoms with Crippen molar-refractivity contribution in [2.75, 3.05) is 6.26 Å². The number of benzene rings is 4. The van der Waals surface area contributed by atoms with Gasteiger partial charge in [-0.1, -0.05) is 36.4 Å². The average Bonchev–Trinajstić information content (AvgIpc) is 2.96. The molecular weight excluding hydrogens is 521 g/mol. The molecule has 0 saturated carbocycles. The van der Waals surface area contributed by atoms with Crippen molar-refractivity contribution in [3.05, 3.63) is 115 Å². The van der Waals surface area contributed by atoms with Crippen LogP contribution in [0.15, 0.2) is 103 Å². The first-order valence-corrected chi connectivity index (χ1v) is 14.7. The molecule has 0 atom stereocenters. The summed E-state index contributed by atoms with van der Waals surface area (Å²) in [6, 6.07) is 29.4. The van der Waals surface area contributed by atoms with E-state index in [4.69, 9.17) is 9.97 Å². The first-order valence-electron chi connectivity index (χ1n) is 12.8. The molecule has 0 N–H and O–H groups in total. The van der Waals surface area contributed by atoms with Crippen LogP contribution >= 0.6 is 0 Å². The van der Waals surface area contributed by atoms with E-state index in [9.17, 15) is 12.8 Å². The molecule has 5 nitrogen and oxygen atoms in total. The molecule has 198 valence electrons. The maximum Gasteiger partial charge on any atom is 0.156 e. The van der Waals surface area contributed by atoms with E-state index in [0.717, 1.165) is 44.2 Å². The van der Waals surface area contributed by atoms with Crippen molar-refractivity contribution in [3.8, 4) is 33.6 Å². The fraction of sp³-hybridized carbons (Fsp3) is 0.121. The molecule has 7 heteroatoms. The van der Waals surface area contributed by atoms with Crippen LogP contribution in [0.25, 0.3) is 55.6 Å². The van der Waals surface area contributed by atoms with E-state index >= 15 is 0 Å². The smallest absolute Gasteiger partial charge is 0.156 e. The first kappa shape index (κ1) is 25.8. The number of sulfone groups is 1. The number of halogens is 1. The van der Waals surface area contributed by atoms with Gasteiger partial charge < -0.3 is 0 Å². The predicted molar refractivity (Wildman–Crippen MR) is 159 cm³/mol. The Morgan fingerprint density at radius 1 is 0.700 bits per heavy atom. The monoisotopic (exact) mass is 547 g/mol. The summed E-state index contributed by atoms with van der Waals surface area (Å²) in [4.78, 5) is 14.5.